The molecule has 7 heteroatoms. The molecule has 0 unspecified atom stereocenters. The summed E-state index contributed by atoms with van der Waals surface area (Å²) in [5.74, 6) is 0.109. The Kier molecular flexibility index (Phi) is 3.94. The molecule has 1 aromatic heterocycles. The Hall–Kier alpha value is -0.360. The third kappa shape index (κ3) is 3.95. The van der Waals surface area contributed by atoms with E-state index in [-0.39, 0.29) is 17.4 Å². The topological polar surface area (TPSA) is 25.8 Å². The van der Waals surface area contributed by atoms with Gasteiger partial charge in [-0.3, -0.25) is 0 Å². The number of aromatic nitrogens is 2. The monoisotopic (exact) mass is 302 g/mol. The Bertz CT molecular complexity index is 344. The summed E-state index contributed by atoms with van der Waals surface area (Å²) in [5, 5.41) is 0.139. The summed E-state index contributed by atoms with van der Waals surface area (Å²) in [4.78, 5) is 7.64. The van der Waals surface area contributed by atoms with Gasteiger partial charge < -0.3 is 0 Å². The van der Waals surface area contributed by atoms with E-state index in [2.05, 4.69) is 25.9 Å². The second kappa shape index (κ2) is 4.65. The van der Waals surface area contributed by atoms with Crippen molar-refractivity contribution in [3.63, 3.8) is 0 Å². The predicted octanol–water partition coefficient (Wildman–Crippen LogP) is 3.70. The van der Waals surface area contributed by atoms with Crippen molar-refractivity contribution in [2.24, 2.45) is 0 Å². The molecule has 0 aliphatic heterocycles. The van der Waals surface area contributed by atoms with Gasteiger partial charge in [0.05, 0.1) is 16.6 Å². The molecule has 1 rings (SSSR count). The summed E-state index contributed by atoms with van der Waals surface area (Å²) >= 11 is 8.81. The first kappa shape index (κ1) is 12.7. The number of hydrogen-bond acceptors (Lipinski definition) is 2. The maximum atomic E-state index is 11.9. The highest BCUT2D eigenvalue weighted by Gasteiger charge is 2.27. The quantitative estimate of drug-likeness (QED) is 0.779. The summed E-state index contributed by atoms with van der Waals surface area (Å²) in [5.41, 5.74) is 0.534. The van der Waals surface area contributed by atoms with Gasteiger partial charge in [0.15, 0.2) is 0 Å². The molecule has 0 atom stereocenters. The minimum Gasteiger partial charge on any atom is -0.237 e. The van der Waals surface area contributed by atoms with Gasteiger partial charge in [0, 0.05) is 6.42 Å². The molecule has 0 fully saturated rings. The van der Waals surface area contributed by atoms with E-state index in [4.69, 9.17) is 11.6 Å². The lowest BCUT2D eigenvalue weighted by Crippen LogP contribution is -2.10. The lowest BCUT2D eigenvalue weighted by atomic mass is 10.3. The lowest BCUT2D eigenvalue weighted by molar-refractivity contribution is -0.134. The van der Waals surface area contributed by atoms with Crippen molar-refractivity contribution in [3.8, 4) is 0 Å². The highest BCUT2D eigenvalue weighted by molar-refractivity contribution is 9.10. The van der Waals surface area contributed by atoms with Gasteiger partial charge in [-0.15, -0.1) is 0 Å². The zero-order chi connectivity index (χ0) is 11.6. The maximum Gasteiger partial charge on any atom is 0.389 e. The average Bonchev–Trinajstić information content (AvgIpc) is 2.09. The molecule has 0 amide bonds. The van der Waals surface area contributed by atoms with E-state index in [9.17, 15) is 13.2 Å². The van der Waals surface area contributed by atoms with E-state index >= 15 is 0 Å². The van der Waals surface area contributed by atoms with E-state index in [1.807, 2.05) is 0 Å². The molecule has 84 valence electrons. The molecule has 0 saturated heterocycles. The van der Waals surface area contributed by atoms with Crippen molar-refractivity contribution in [2.45, 2.75) is 25.9 Å². The zero-order valence-electron chi connectivity index (χ0n) is 7.70. The van der Waals surface area contributed by atoms with Crippen LogP contribution in [-0.4, -0.2) is 16.1 Å². The van der Waals surface area contributed by atoms with Gasteiger partial charge in [0.1, 0.15) is 11.0 Å². The van der Waals surface area contributed by atoms with Crippen LogP contribution in [0, 0.1) is 6.92 Å². The largest absolute Gasteiger partial charge is 0.389 e. The fourth-order valence-corrected chi connectivity index (χ4v) is 1.36. The predicted molar refractivity (Wildman–Crippen MR) is 53.9 cm³/mol. The Morgan fingerprint density at radius 1 is 1.33 bits per heavy atom. The van der Waals surface area contributed by atoms with Gasteiger partial charge >= 0.3 is 6.18 Å². The van der Waals surface area contributed by atoms with Gasteiger partial charge in [-0.2, -0.15) is 13.2 Å². The molecular weight excluding hydrogens is 296 g/mol. The molecule has 1 aromatic rings. The smallest absolute Gasteiger partial charge is 0.237 e. The Balaban J connectivity index is 2.80. The van der Waals surface area contributed by atoms with E-state index in [1.165, 1.54) is 0 Å². The lowest BCUT2D eigenvalue weighted by Gasteiger charge is -2.07. The molecule has 0 bridgehead atoms. The number of hydrogen-bond donors (Lipinski definition) is 0. The Labute approximate surface area is 98.0 Å². The molecular formula is C8H7BrClF3N2. The van der Waals surface area contributed by atoms with Crippen LogP contribution >= 0.6 is 27.5 Å². The van der Waals surface area contributed by atoms with Crippen LogP contribution in [0.4, 0.5) is 13.2 Å². The number of nitrogens with zero attached hydrogens (tertiary/aromatic N) is 2. The summed E-state index contributed by atoms with van der Waals surface area (Å²) in [6.45, 7) is 1.65. The number of halogens is 5. The van der Waals surface area contributed by atoms with Gasteiger partial charge in [-0.25, -0.2) is 9.97 Å². The van der Waals surface area contributed by atoms with Gasteiger partial charge in [-0.05, 0) is 22.9 Å². The molecule has 2 nitrogen and oxygen atoms in total. The first-order chi connectivity index (χ1) is 6.79. The Morgan fingerprint density at radius 2 is 1.93 bits per heavy atom. The van der Waals surface area contributed by atoms with Crippen LogP contribution in [0.25, 0.3) is 0 Å². The molecule has 0 radical (unpaired) electrons. The number of alkyl halides is 3. The van der Waals surface area contributed by atoms with Crippen LogP contribution < -0.4 is 0 Å². The summed E-state index contributed by atoms with van der Waals surface area (Å²) < 4.78 is 36.3. The average molecular weight is 304 g/mol. The van der Waals surface area contributed by atoms with Gasteiger partial charge in [0.2, 0.25) is 0 Å². The molecule has 1 heterocycles. The molecule has 0 aromatic carbocycles. The van der Waals surface area contributed by atoms with E-state index in [0.717, 1.165) is 0 Å². The molecule has 0 aliphatic rings. The highest BCUT2D eigenvalue weighted by atomic mass is 79.9. The van der Waals surface area contributed by atoms with Crippen molar-refractivity contribution >= 4 is 27.5 Å². The molecule has 0 N–H and O–H groups in total. The number of aryl methyl sites for hydroxylation is 2. The third-order valence-corrected chi connectivity index (χ3v) is 3.11. The maximum absolute atomic E-state index is 11.9. The van der Waals surface area contributed by atoms with Crippen molar-refractivity contribution < 1.29 is 13.2 Å². The summed E-state index contributed by atoms with van der Waals surface area (Å²) in [7, 11) is 0. The Morgan fingerprint density at radius 3 is 2.40 bits per heavy atom. The molecule has 0 saturated carbocycles. The minimum absolute atomic E-state index is 0.109. The molecule has 0 aliphatic carbocycles. The normalized spacial score (nSPS) is 11.9. The van der Waals surface area contributed by atoms with Crippen molar-refractivity contribution in [2.75, 3.05) is 0 Å². The summed E-state index contributed by atoms with van der Waals surface area (Å²) in [6, 6.07) is 0. The zero-order valence-corrected chi connectivity index (χ0v) is 10.0. The fraction of sp³-hybridized carbons (Fsp3) is 0.500. The molecule has 0 spiro atoms. The van der Waals surface area contributed by atoms with E-state index in [0.29, 0.717) is 10.2 Å². The minimum atomic E-state index is -4.20. The first-order valence-electron chi connectivity index (χ1n) is 4.05. The standard InChI is InChI=1S/C8H7BrClF3N2/c1-4-6(9)7(10)15-5(14-4)2-3-8(11,12)13/h2-3H2,1H3. The second-order valence-electron chi connectivity index (χ2n) is 2.95. The van der Waals surface area contributed by atoms with Crippen molar-refractivity contribution in [1.82, 2.24) is 9.97 Å². The van der Waals surface area contributed by atoms with Gasteiger partial charge in [-0.1, -0.05) is 11.6 Å². The van der Waals surface area contributed by atoms with Crippen LogP contribution in [0.5, 0.6) is 0 Å². The van der Waals surface area contributed by atoms with Crippen LogP contribution in [0.1, 0.15) is 17.9 Å². The van der Waals surface area contributed by atoms with Crippen LogP contribution in [0.3, 0.4) is 0 Å². The fourth-order valence-electron chi connectivity index (χ4n) is 0.945. The van der Waals surface area contributed by atoms with Gasteiger partial charge in [0.25, 0.3) is 0 Å². The first-order valence-corrected chi connectivity index (χ1v) is 5.22. The van der Waals surface area contributed by atoms with E-state index < -0.39 is 12.6 Å². The molecule has 15 heavy (non-hydrogen) atoms. The third-order valence-electron chi connectivity index (χ3n) is 1.65. The van der Waals surface area contributed by atoms with Crippen molar-refractivity contribution in [3.05, 3.63) is 21.1 Å². The second-order valence-corrected chi connectivity index (χ2v) is 4.10. The number of rotatable bonds is 2. The van der Waals surface area contributed by atoms with E-state index in [1.54, 1.807) is 6.92 Å². The summed E-state index contributed by atoms with van der Waals surface area (Å²) in [6.07, 6.45) is -5.39. The van der Waals surface area contributed by atoms with Crippen LogP contribution in [0.2, 0.25) is 5.15 Å². The van der Waals surface area contributed by atoms with Crippen molar-refractivity contribution in [1.29, 1.82) is 0 Å². The van der Waals surface area contributed by atoms with Crippen LogP contribution in [-0.2, 0) is 6.42 Å². The SMILES string of the molecule is Cc1nc(CCC(F)(F)F)nc(Cl)c1Br. The highest BCUT2D eigenvalue weighted by Crippen LogP contribution is 2.25. The van der Waals surface area contributed by atoms with Crippen LogP contribution in [0.15, 0.2) is 4.47 Å².